The lowest BCUT2D eigenvalue weighted by Gasteiger charge is -2.34. The second-order valence-electron chi connectivity index (χ2n) is 4.48. The van der Waals surface area contributed by atoms with Crippen molar-refractivity contribution in [3.05, 3.63) is 23.8 Å². The molecule has 2 rings (SSSR count). The number of nitrogens with zero attached hydrogens (tertiary/aromatic N) is 1. The van der Waals surface area contributed by atoms with Crippen LogP contribution in [0.4, 0.5) is 5.69 Å². The summed E-state index contributed by atoms with van der Waals surface area (Å²) in [5.41, 5.74) is 6.84. The van der Waals surface area contributed by atoms with Gasteiger partial charge in [-0.25, -0.2) is 0 Å². The number of benzene rings is 1. The summed E-state index contributed by atoms with van der Waals surface area (Å²) in [7, 11) is 1.55. The molecule has 1 aliphatic heterocycles. The Morgan fingerprint density at radius 1 is 1.56 bits per heavy atom. The lowest BCUT2D eigenvalue weighted by molar-refractivity contribution is 0.0653. The number of methoxy groups -OCH3 is 1. The van der Waals surface area contributed by atoms with E-state index in [-0.39, 0.29) is 11.9 Å². The predicted molar refractivity (Wildman–Crippen MR) is 70.8 cm³/mol. The second-order valence-corrected chi connectivity index (χ2v) is 4.48. The molecule has 98 valence electrons. The first-order valence-electron chi connectivity index (χ1n) is 6.09. The minimum Gasteiger partial charge on any atom is -0.496 e. The zero-order valence-electron chi connectivity index (χ0n) is 10.8. The highest BCUT2D eigenvalue weighted by Gasteiger charge is 2.27. The molecular weight excluding hydrogens is 230 g/mol. The molecule has 3 N–H and O–H groups in total. The summed E-state index contributed by atoms with van der Waals surface area (Å²) in [6.07, 6.45) is 0. The van der Waals surface area contributed by atoms with Crippen LogP contribution in [-0.4, -0.2) is 43.6 Å². The molecule has 1 fully saturated rings. The molecule has 0 saturated carbocycles. The first kappa shape index (κ1) is 12.7. The van der Waals surface area contributed by atoms with Crippen molar-refractivity contribution in [1.29, 1.82) is 0 Å². The number of anilines is 1. The molecule has 1 aliphatic rings. The smallest absolute Gasteiger partial charge is 0.260 e. The Kier molecular flexibility index (Phi) is 3.72. The van der Waals surface area contributed by atoms with Gasteiger partial charge in [-0.2, -0.15) is 0 Å². The van der Waals surface area contributed by atoms with E-state index in [1.807, 2.05) is 11.8 Å². The quantitative estimate of drug-likeness (QED) is 0.758. The van der Waals surface area contributed by atoms with Gasteiger partial charge in [-0.05, 0) is 19.1 Å². The molecule has 1 heterocycles. The second kappa shape index (κ2) is 5.27. The monoisotopic (exact) mass is 249 g/mol. The largest absolute Gasteiger partial charge is 0.496 e. The zero-order chi connectivity index (χ0) is 13.1. The average Bonchev–Trinajstić information content (AvgIpc) is 2.38. The number of piperazine rings is 1. The maximum Gasteiger partial charge on any atom is 0.260 e. The molecule has 18 heavy (non-hydrogen) atoms. The van der Waals surface area contributed by atoms with E-state index in [0.29, 0.717) is 23.5 Å². The van der Waals surface area contributed by atoms with Crippen LogP contribution >= 0.6 is 0 Å². The van der Waals surface area contributed by atoms with Crippen molar-refractivity contribution in [3.63, 3.8) is 0 Å². The van der Waals surface area contributed by atoms with E-state index >= 15 is 0 Å². The van der Waals surface area contributed by atoms with Crippen LogP contribution in [0.3, 0.4) is 0 Å². The minimum atomic E-state index is -0.0565. The van der Waals surface area contributed by atoms with Crippen LogP contribution < -0.4 is 15.8 Å². The first-order valence-corrected chi connectivity index (χ1v) is 6.09. The van der Waals surface area contributed by atoms with Crippen LogP contribution in [0, 0.1) is 0 Å². The van der Waals surface area contributed by atoms with Crippen molar-refractivity contribution in [2.24, 2.45) is 0 Å². The van der Waals surface area contributed by atoms with E-state index in [4.69, 9.17) is 10.5 Å². The highest BCUT2D eigenvalue weighted by Crippen LogP contribution is 2.26. The number of nitrogens with one attached hydrogen (secondary N) is 1. The fourth-order valence-electron chi connectivity index (χ4n) is 2.23. The van der Waals surface area contributed by atoms with Gasteiger partial charge in [0.1, 0.15) is 11.3 Å². The Morgan fingerprint density at radius 2 is 2.33 bits per heavy atom. The molecule has 0 aromatic heterocycles. The predicted octanol–water partition coefficient (Wildman–Crippen LogP) is 0.711. The molecule has 0 spiro atoms. The SMILES string of the molecule is COc1cccc(N)c1C(=O)N1CCNCC1C. The average molecular weight is 249 g/mol. The molecular formula is C13H19N3O2. The van der Waals surface area contributed by atoms with Crippen LogP contribution in [-0.2, 0) is 0 Å². The highest BCUT2D eigenvalue weighted by molar-refractivity contribution is 6.02. The van der Waals surface area contributed by atoms with Crippen LogP contribution in [0.25, 0.3) is 0 Å². The lowest BCUT2D eigenvalue weighted by Crippen LogP contribution is -2.52. The van der Waals surface area contributed by atoms with Crippen molar-refractivity contribution >= 4 is 11.6 Å². The summed E-state index contributed by atoms with van der Waals surface area (Å²) < 4.78 is 5.23. The number of ether oxygens (including phenoxy) is 1. The lowest BCUT2D eigenvalue weighted by atomic mass is 10.1. The summed E-state index contributed by atoms with van der Waals surface area (Å²) in [6, 6.07) is 5.43. The number of carbonyl (C=O) groups is 1. The van der Waals surface area contributed by atoms with Crippen molar-refractivity contribution < 1.29 is 9.53 Å². The van der Waals surface area contributed by atoms with Gasteiger partial charge in [-0.3, -0.25) is 4.79 Å². The Morgan fingerprint density at radius 3 is 3.00 bits per heavy atom. The minimum absolute atomic E-state index is 0.0565. The standard InChI is InChI=1S/C13H19N3O2/c1-9-8-15-6-7-16(9)13(17)12-10(14)4-3-5-11(12)18-2/h3-5,9,15H,6-8,14H2,1-2H3. The van der Waals surface area contributed by atoms with Crippen LogP contribution in [0.5, 0.6) is 5.75 Å². The number of carbonyl (C=O) groups excluding carboxylic acids is 1. The molecule has 0 radical (unpaired) electrons. The number of nitrogens with two attached hydrogens (primary N) is 1. The van der Waals surface area contributed by atoms with Gasteiger partial charge in [0, 0.05) is 31.4 Å². The van der Waals surface area contributed by atoms with E-state index in [0.717, 1.165) is 13.1 Å². The van der Waals surface area contributed by atoms with Gasteiger partial charge in [-0.15, -0.1) is 0 Å². The number of rotatable bonds is 2. The molecule has 1 atom stereocenters. The van der Waals surface area contributed by atoms with Crippen molar-refractivity contribution in [2.45, 2.75) is 13.0 Å². The van der Waals surface area contributed by atoms with Gasteiger partial charge in [0.15, 0.2) is 0 Å². The molecule has 1 unspecified atom stereocenters. The van der Waals surface area contributed by atoms with Gasteiger partial charge in [-0.1, -0.05) is 6.07 Å². The van der Waals surface area contributed by atoms with Crippen molar-refractivity contribution in [2.75, 3.05) is 32.5 Å². The summed E-state index contributed by atoms with van der Waals surface area (Å²) >= 11 is 0. The molecule has 0 aliphatic carbocycles. The number of amides is 1. The fourth-order valence-corrected chi connectivity index (χ4v) is 2.23. The Bertz CT molecular complexity index is 448. The maximum atomic E-state index is 12.5. The zero-order valence-corrected chi connectivity index (χ0v) is 10.8. The molecule has 5 nitrogen and oxygen atoms in total. The number of hydrogen-bond donors (Lipinski definition) is 2. The van der Waals surface area contributed by atoms with E-state index in [2.05, 4.69) is 5.32 Å². The summed E-state index contributed by atoms with van der Waals surface area (Å²) in [5.74, 6) is 0.477. The third-order valence-corrected chi connectivity index (χ3v) is 3.25. The maximum absolute atomic E-state index is 12.5. The van der Waals surface area contributed by atoms with E-state index < -0.39 is 0 Å². The van der Waals surface area contributed by atoms with E-state index in [9.17, 15) is 4.79 Å². The molecule has 5 heteroatoms. The number of nitrogen functional groups attached to an aromatic ring is 1. The third-order valence-electron chi connectivity index (χ3n) is 3.25. The van der Waals surface area contributed by atoms with Gasteiger partial charge in [0.25, 0.3) is 5.91 Å². The molecule has 1 amide bonds. The third kappa shape index (κ3) is 2.26. The molecule has 0 bridgehead atoms. The molecule has 1 saturated heterocycles. The van der Waals surface area contributed by atoms with Gasteiger partial charge >= 0.3 is 0 Å². The fraction of sp³-hybridized carbons (Fsp3) is 0.462. The van der Waals surface area contributed by atoms with Crippen LogP contribution in [0.1, 0.15) is 17.3 Å². The Balaban J connectivity index is 2.33. The highest BCUT2D eigenvalue weighted by atomic mass is 16.5. The van der Waals surface area contributed by atoms with Crippen molar-refractivity contribution in [3.8, 4) is 5.75 Å². The first-order chi connectivity index (χ1) is 8.65. The molecule has 1 aromatic rings. The van der Waals surface area contributed by atoms with Gasteiger partial charge in [0.05, 0.1) is 7.11 Å². The normalized spacial score (nSPS) is 19.7. The Labute approximate surface area is 107 Å². The Hall–Kier alpha value is -1.75. The number of hydrogen-bond acceptors (Lipinski definition) is 4. The summed E-state index contributed by atoms with van der Waals surface area (Å²) in [5, 5.41) is 3.26. The summed E-state index contributed by atoms with van der Waals surface area (Å²) in [4.78, 5) is 14.4. The molecule has 1 aromatic carbocycles. The van der Waals surface area contributed by atoms with Crippen LogP contribution in [0.15, 0.2) is 18.2 Å². The summed E-state index contributed by atoms with van der Waals surface area (Å²) in [6.45, 7) is 4.33. The topological polar surface area (TPSA) is 67.6 Å². The van der Waals surface area contributed by atoms with Gasteiger partial charge < -0.3 is 20.7 Å². The van der Waals surface area contributed by atoms with Gasteiger partial charge in [0.2, 0.25) is 0 Å². The van der Waals surface area contributed by atoms with E-state index in [1.54, 1.807) is 25.3 Å². The van der Waals surface area contributed by atoms with Crippen molar-refractivity contribution in [1.82, 2.24) is 10.2 Å². The van der Waals surface area contributed by atoms with E-state index in [1.165, 1.54) is 0 Å². The van der Waals surface area contributed by atoms with Crippen LogP contribution in [0.2, 0.25) is 0 Å².